The lowest BCUT2D eigenvalue weighted by atomic mass is 9.45. The maximum atomic E-state index is 10.2. The molecule has 0 unspecified atom stereocenters. The third-order valence-electron chi connectivity index (χ3n) is 9.37. The second kappa shape index (κ2) is 6.25. The lowest BCUT2D eigenvalue weighted by Crippen LogP contribution is -2.95. The van der Waals surface area contributed by atoms with Gasteiger partial charge in [0.15, 0.2) is 0 Å². The fourth-order valence-electron chi connectivity index (χ4n) is 7.98. The highest BCUT2D eigenvalue weighted by Crippen LogP contribution is 2.65. The molecule has 0 aliphatic heterocycles. The SMILES string of the molecule is C[C@]12CC[C@H](O)C[C@@H]1CC[C@@H]1[C@H]3CC[C@H]([NH2+]CC[NH3+])[C@@]3(C)CC[C@@H]12. The van der Waals surface area contributed by atoms with Crippen molar-refractivity contribution in [1.82, 2.24) is 0 Å². The fourth-order valence-corrected chi connectivity index (χ4v) is 7.98. The zero-order valence-electron chi connectivity index (χ0n) is 16.0. The Balaban J connectivity index is 1.54. The highest BCUT2D eigenvalue weighted by molar-refractivity contribution is 5.09. The van der Waals surface area contributed by atoms with Crippen LogP contribution in [0.1, 0.15) is 71.6 Å². The number of hydrogen-bond donors (Lipinski definition) is 3. The third kappa shape index (κ3) is 2.49. The molecule has 0 aromatic carbocycles. The number of nitrogens with two attached hydrogens (primary N) is 1. The van der Waals surface area contributed by atoms with Crippen LogP contribution in [0.15, 0.2) is 0 Å². The van der Waals surface area contributed by atoms with Crippen LogP contribution in [0, 0.1) is 34.5 Å². The molecule has 0 spiro atoms. The van der Waals surface area contributed by atoms with Crippen LogP contribution in [0.2, 0.25) is 0 Å². The van der Waals surface area contributed by atoms with E-state index in [4.69, 9.17) is 0 Å². The van der Waals surface area contributed by atoms with Gasteiger partial charge in [0.2, 0.25) is 0 Å². The molecule has 3 nitrogen and oxygen atoms in total. The molecule has 24 heavy (non-hydrogen) atoms. The van der Waals surface area contributed by atoms with Gasteiger partial charge in [-0.15, -0.1) is 0 Å². The van der Waals surface area contributed by atoms with E-state index >= 15 is 0 Å². The Labute approximate surface area is 148 Å². The van der Waals surface area contributed by atoms with E-state index in [0.717, 1.165) is 49.1 Å². The summed E-state index contributed by atoms with van der Waals surface area (Å²) in [5.74, 6) is 3.67. The maximum absolute atomic E-state index is 10.2. The van der Waals surface area contributed by atoms with Gasteiger partial charge in [-0.25, -0.2) is 0 Å². The second-order valence-corrected chi connectivity index (χ2v) is 10.2. The van der Waals surface area contributed by atoms with Gasteiger partial charge in [0.25, 0.3) is 0 Å². The molecule has 0 bridgehead atoms. The Bertz CT molecular complexity index is 469. The minimum atomic E-state index is -0.0124. The van der Waals surface area contributed by atoms with Crippen molar-refractivity contribution in [3.63, 3.8) is 0 Å². The summed E-state index contributed by atoms with van der Waals surface area (Å²) >= 11 is 0. The van der Waals surface area contributed by atoms with Crippen molar-refractivity contribution in [2.45, 2.75) is 83.8 Å². The Morgan fingerprint density at radius 2 is 1.71 bits per heavy atom. The summed E-state index contributed by atoms with van der Waals surface area (Å²) in [5, 5.41) is 12.8. The van der Waals surface area contributed by atoms with Crippen LogP contribution in [0.4, 0.5) is 0 Å². The smallest absolute Gasteiger partial charge is 0.125 e. The van der Waals surface area contributed by atoms with Gasteiger partial charge in [-0.2, -0.15) is 0 Å². The van der Waals surface area contributed by atoms with Crippen molar-refractivity contribution in [2.24, 2.45) is 34.5 Å². The van der Waals surface area contributed by atoms with E-state index in [-0.39, 0.29) is 6.10 Å². The number of hydrogen-bond acceptors (Lipinski definition) is 1. The maximum Gasteiger partial charge on any atom is 0.125 e. The number of quaternary nitrogens is 2. The number of fused-ring (bicyclic) bond motifs is 5. The Hall–Kier alpha value is -0.120. The molecular formula is C21H40N2O+2. The molecule has 6 N–H and O–H groups in total. The molecule has 4 saturated carbocycles. The molecule has 8 atom stereocenters. The van der Waals surface area contributed by atoms with Crippen molar-refractivity contribution < 1.29 is 16.2 Å². The van der Waals surface area contributed by atoms with Crippen LogP contribution >= 0.6 is 0 Å². The summed E-state index contributed by atoms with van der Waals surface area (Å²) in [7, 11) is 0. The van der Waals surface area contributed by atoms with E-state index in [1.807, 2.05) is 0 Å². The van der Waals surface area contributed by atoms with Crippen molar-refractivity contribution in [3.8, 4) is 0 Å². The molecule has 0 radical (unpaired) electrons. The first-order valence-electron chi connectivity index (χ1n) is 10.8. The predicted octanol–water partition coefficient (Wildman–Crippen LogP) is 1.56. The van der Waals surface area contributed by atoms with Crippen LogP contribution in [-0.4, -0.2) is 30.3 Å². The number of aliphatic hydroxyl groups excluding tert-OH is 1. The fraction of sp³-hybridized carbons (Fsp3) is 1.00. The molecular weight excluding hydrogens is 296 g/mol. The first-order chi connectivity index (χ1) is 11.5. The summed E-state index contributed by atoms with van der Waals surface area (Å²) in [5.41, 5.74) is 5.15. The van der Waals surface area contributed by atoms with E-state index < -0.39 is 0 Å². The van der Waals surface area contributed by atoms with Gasteiger partial charge < -0.3 is 16.2 Å². The lowest BCUT2D eigenvalue weighted by Gasteiger charge is -2.60. The van der Waals surface area contributed by atoms with Crippen molar-refractivity contribution in [1.29, 1.82) is 0 Å². The number of aliphatic hydroxyl groups is 1. The highest BCUT2D eigenvalue weighted by Gasteiger charge is 2.61. The zero-order valence-corrected chi connectivity index (χ0v) is 16.0. The molecule has 0 aromatic rings. The molecule has 4 rings (SSSR count). The minimum Gasteiger partial charge on any atom is -0.393 e. The van der Waals surface area contributed by atoms with Crippen LogP contribution < -0.4 is 11.1 Å². The van der Waals surface area contributed by atoms with Gasteiger partial charge in [0, 0.05) is 11.8 Å². The largest absolute Gasteiger partial charge is 0.393 e. The molecule has 4 fully saturated rings. The summed E-state index contributed by atoms with van der Waals surface area (Å²) in [6, 6.07) is 0.851. The third-order valence-corrected chi connectivity index (χ3v) is 9.37. The number of rotatable bonds is 3. The summed E-state index contributed by atoms with van der Waals surface area (Å²) < 4.78 is 0. The van der Waals surface area contributed by atoms with Crippen LogP contribution in [-0.2, 0) is 0 Å². The predicted molar refractivity (Wildman–Crippen MR) is 96.1 cm³/mol. The first kappa shape index (κ1) is 17.3. The average molecular weight is 337 g/mol. The van der Waals surface area contributed by atoms with E-state index in [0.29, 0.717) is 10.8 Å². The first-order valence-corrected chi connectivity index (χ1v) is 10.8. The summed E-state index contributed by atoms with van der Waals surface area (Å²) in [4.78, 5) is 0. The van der Waals surface area contributed by atoms with E-state index in [1.165, 1.54) is 51.5 Å². The van der Waals surface area contributed by atoms with Crippen molar-refractivity contribution in [3.05, 3.63) is 0 Å². The highest BCUT2D eigenvalue weighted by atomic mass is 16.3. The zero-order chi connectivity index (χ0) is 16.9. The minimum absolute atomic E-state index is 0.0124. The normalized spacial score (nSPS) is 54.0. The quantitative estimate of drug-likeness (QED) is 0.719. The molecule has 4 aliphatic rings. The van der Waals surface area contributed by atoms with Gasteiger partial charge in [-0.1, -0.05) is 13.8 Å². The standard InChI is InChI=1S/C21H38N2O/c1-20-9-7-15(24)13-14(20)3-4-16-17-5-6-19(23-12-11-22)21(17,2)10-8-18(16)20/h14-19,23-24H,3-13,22H2,1-2H3/p+2/t14-,15-,16+,17+,18-,19-,20-,21-/m0/s1. The molecule has 0 aromatic heterocycles. The topological polar surface area (TPSA) is 64.5 Å². The molecule has 4 aliphatic carbocycles. The van der Waals surface area contributed by atoms with Gasteiger partial charge in [-0.05, 0) is 80.5 Å². The monoisotopic (exact) mass is 336 g/mol. The molecule has 0 saturated heterocycles. The van der Waals surface area contributed by atoms with E-state index in [2.05, 4.69) is 24.9 Å². The molecule has 0 heterocycles. The molecule has 3 heteroatoms. The van der Waals surface area contributed by atoms with E-state index in [1.54, 1.807) is 0 Å². The lowest BCUT2D eigenvalue weighted by molar-refractivity contribution is -0.712. The van der Waals surface area contributed by atoms with Gasteiger partial charge in [0.05, 0.1) is 12.1 Å². The molecule has 138 valence electrons. The van der Waals surface area contributed by atoms with Gasteiger partial charge in [-0.3, -0.25) is 0 Å². The van der Waals surface area contributed by atoms with Gasteiger partial charge >= 0.3 is 0 Å². The Morgan fingerprint density at radius 3 is 2.50 bits per heavy atom. The Kier molecular flexibility index (Phi) is 4.50. The molecule has 0 amide bonds. The summed E-state index contributed by atoms with van der Waals surface area (Å²) in [6.07, 6.45) is 12.0. The van der Waals surface area contributed by atoms with Crippen LogP contribution in [0.25, 0.3) is 0 Å². The van der Waals surface area contributed by atoms with Crippen LogP contribution in [0.3, 0.4) is 0 Å². The summed E-state index contributed by atoms with van der Waals surface area (Å²) in [6.45, 7) is 7.50. The second-order valence-electron chi connectivity index (χ2n) is 10.2. The Morgan fingerprint density at radius 1 is 0.958 bits per heavy atom. The average Bonchev–Trinajstić information content (AvgIpc) is 2.90. The van der Waals surface area contributed by atoms with Crippen molar-refractivity contribution in [2.75, 3.05) is 13.1 Å². The van der Waals surface area contributed by atoms with Crippen molar-refractivity contribution >= 4 is 0 Å². The van der Waals surface area contributed by atoms with Crippen LogP contribution in [0.5, 0.6) is 0 Å². The van der Waals surface area contributed by atoms with Gasteiger partial charge in [0.1, 0.15) is 13.1 Å². The van der Waals surface area contributed by atoms with E-state index in [9.17, 15) is 5.11 Å².